The first kappa shape index (κ1) is 14.8. The molecular weight excluding hydrogens is 268 g/mol. The van der Waals surface area contributed by atoms with Crippen LogP contribution in [-0.4, -0.2) is 59.0 Å². The summed E-state index contributed by atoms with van der Waals surface area (Å²) in [7, 11) is 2.16. The molecule has 0 aromatic heterocycles. The Morgan fingerprint density at radius 3 is 2.43 bits per heavy atom. The Hall–Kier alpha value is -1.10. The first-order valence-corrected chi connectivity index (χ1v) is 8.21. The number of carboxylic acids is 1. The standard InChI is InChI=1S/C16H26N2O3/c1-10-7-13(14(8-10)16(20)21)15(19)18-6-5-11-3-4-12(9-18)17(11)2/h10-14H,3-9H2,1-2H3,(H,20,21)/t10?,11?,12?,13-,14+/m0/s1. The molecule has 3 fully saturated rings. The van der Waals surface area contributed by atoms with Crippen LogP contribution >= 0.6 is 0 Å². The number of carboxylic acid groups (broad SMARTS) is 1. The predicted octanol–water partition coefficient (Wildman–Crippen LogP) is 1.43. The molecule has 1 aliphatic carbocycles. The van der Waals surface area contributed by atoms with Crippen molar-refractivity contribution in [1.82, 2.24) is 9.80 Å². The van der Waals surface area contributed by atoms with Crippen LogP contribution < -0.4 is 0 Å². The van der Waals surface area contributed by atoms with Crippen LogP contribution in [0.3, 0.4) is 0 Å². The van der Waals surface area contributed by atoms with Gasteiger partial charge in [-0.3, -0.25) is 14.5 Å². The molecule has 2 saturated heterocycles. The summed E-state index contributed by atoms with van der Waals surface area (Å²) in [5.74, 6) is -1.16. The molecule has 3 unspecified atom stereocenters. The highest BCUT2D eigenvalue weighted by Gasteiger charge is 2.44. The quantitative estimate of drug-likeness (QED) is 0.837. The number of hydrogen-bond donors (Lipinski definition) is 1. The lowest BCUT2D eigenvalue weighted by Crippen LogP contribution is -2.44. The molecule has 2 bridgehead atoms. The molecule has 5 atom stereocenters. The molecule has 0 radical (unpaired) electrons. The summed E-state index contributed by atoms with van der Waals surface area (Å²) in [5, 5.41) is 9.37. The zero-order valence-electron chi connectivity index (χ0n) is 13.0. The van der Waals surface area contributed by atoms with Gasteiger partial charge in [-0.1, -0.05) is 6.92 Å². The Morgan fingerprint density at radius 2 is 1.71 bits per heavy atom. The van der Waals surface area contributed by atoms with Crippen LogP contribution in [0.2, 0.25) is 0 Å². The maximum absolute atomic E-state index is 12.8. The highest BCUT2D eigenvalue weighted by Crippen LogP contribution is 2.38. The van der Waals surface area contributed by atoms with Crippen LogP contribution in [0, 0.1) is 17.8 Å². The number of nitrogens with zero attached hydrogens (tertiary/aromatic N) is 2. The zero-order chi connectivity index (χ0) is 15.1. The molecule has 3 aliphatic rings. The first-order valence-electron chi connectivity index (χ1n) is 8.21. The minimum absolute atomic E-state index is 0.0905. The summed E-state index contributed by atoms with van der Waals surface area (Å²) in [6, 6.07) is 1.06. The van der Waals surface area contributed by atoms with Crippen molar-refractivity contribution in [2.45, 2.75) is 51.1 Å². The third-order valence-electron chi connectivity index (χ3n) is 5.89. The maximum atomic E-state index is 12.8. The molecule has 1 amide bonds. The molecule has 118 valence electrons. The molecule has 21 heavy (non-hydrogen) atoms. The van der Waals surface area contributed by atoms with E-state index in [0.29, 0.717) is 24.4 Å². The van der Waals surface area contributed by atoms with Crippen molar-refractivity contribution in [2.24, 2.45) is 17.8 Å². The molecule has 0 aromatic carbocycles. The SMILES string of the molecule is CC1C[C@H](C(=O)N2CCC3CCC(C2)N3C)[C@H](C(=O)O)C1. The highest BCUT2D eigenvalue weighted by molar-refractivity contribution is 5.85. The topological polar surface area (TPSA) is 60.9 Å². The van der Waals surface area contributed by atoms with Gasteiger partial charge in [0.15, 0.2) is 0 Å². The van der Waals surface area contributed by atoms with E-state index >= 15 is 0 Å². The van der Waals surface area contributed by atoms with Gasteiger partial charge >= 0.3 is 5.97 Å². The molecule has 0 spiro atoms. The number of carbonyl (C=O) groups excluding carboxylic acids is 1. The number of aliphatic carboxylic acids is 1. The second-order valence-electron chi connectivity index (χ2n) is 7.25. The summed E-state index contributed by atoms with van der Waals surface area (Å²) in [5.41, 5.74) is 0. The van der Waals surface area contributed by atoms with Crippen LogP contribution in [0.1, 0.15) is 39.0 Å². The molecule has 1 N–H and O–H groups in total. The maximum Gasteiger partial charge on any atom is 0.307 e. The Morgan fingerprint density at radius 1 is 1.05 bits per heavy atom. The average Bonchev–Trinajstić information content (AvgIpc) is 2.90. The molecule has 5 nitrogen and oxygen atoms in total. The predicted molar refractivity (Wildman–Crippen MR) is 78.8 cm³/mol. The van der Waals surface area contributed by atoms with E-state index in [2.05, 4.69) is 18.9 Å². The number of amides is 1. The van der Waals surface area contributed by atoms with Gasteiger partial charge < -0.3 is 10.0 Å². The van der Waals surface area contributed by atoms with E-state index in [1.807, 2.05) is 4.90 Å². The van der Waals surface area contributed by atoms with Crippen LogP contribution in [0.15, 0.2) is 0 Å². The van der Waals surface area contributed by atoms with Crippen molar-refractivity contribution in [3.05, 3.63) is 0 Å². The van der Waals surface area contributed by atoms with E-state index in [1.165, 1.54) is 6.42 Å². The van der Waals surface area contributed by atoms with E-state index in [0.717, 1.165) is 32.4 Å². The molecule has 5 heteroatoms. The van der Waals surface area contributed by atoms with Gasteiger partial charge in [-0.25, -0.2) is 0 Å². The average molecular weight is 294 g/mol. The van der Waals surface area contributed by atoms with Gasteiger partial charge in [-0.15, -0.1) is 0 Å². The molecule has 2 aliphatic heterocycles. The number of hydrogen-bond acceptors (Lipinski definition) is 3. The Bertz CT molecular complexity index is 439. The lowest BCUT2D eigenvalue weighted by Gasteiger charge is -2.29. The Labute approximate surface area is 126 Å². The van der Waals surface area contributed by atoms with Gasteiger partial charge in [-0.2, -0.15) is 0 Å². The Balaban J connectivity index is 1.71. The number of rotatable bonds is 2. The van der Waals surface area contributed by atoms with Gasteiger partial charge in [0.1, 0.15) is 0 Å². The minimum Gasteiger partial charge on any atom is -0.481 e. The van der Waals surface area contributed by atoms with Gasteiger partial charge in [0.2, 0.25) is 5.91 Å². The van der Waals surface area contributed by atoms with Crippen molar-refractivity contribution in [2.75, 3.05) is 20.1 Å². The Kier molecular flexibility index (Phi) is 3.95. The summed E-state index contributed by atoms with van der Waals surface area (Å²) in [6.07, 6.45) is 4.80. The van der Waals surface area contributed by atoms with Gasteiger partial charge in [0.05, 0.1) is 11.8 Å². The van der Waals surface area contributed by atoms with Gasteiger partial charge in [-0.05, 0) is 45.1 Å². The minimum atomic E-state index is -0.800. The van der Waals surface area contributed by atoms with E-state index in [9.17, 15) is 14.7 Å². The fourth-order valence-corrected chi connectivity index (χ4v) is 4.58. The fraction of sp³-hybridized carbons (Fsp3) is 0.875. The van der Waals surface area contributed by atoms with Gasteiger partial charge in [0, 0.05) is 25.2 Å². The van der Waals surface area contributed by atoms with Crippen LogP contribution in [-0.2, 0) is 9.59 Å². The highest BCUT2D eigenvalue weighted by atomic mass is 16.4. The molecule has 0 aromatic rings. The van der Waals surface area contributed by atoms with Gasteiger partial charge in [0.25, 0.3) is 0 Å². The van der Waals surface area contributed by atoms with E-state index in [4.69, 9.17) is 0 Å². The number of likely N-dealkylation sites (N-methyl/N-ethyl adjacent to an activating group) is 1. The van der Waals surface area contributed by atoms with E-state index < -0.39 is 11.9 Å². The smallest absolute Gasteiger partial charge is 0.307 e. The third kappa shape index (κ3) is 2.68. The van der Waals surface area contributed by atoms with Crippen LogP contribution in [0.4, 0.5) is 0 Å². The van der Waals surface area contributed by atoms with Crippen molar-refractivity contribution < 1.29 is 14.7 Å². The van der Waals surface area contributed by atoms with E-state index in [-0.39, 0.29) is 11.8 Å². The van der Waals surface area contributed by atoms with Crippen LogP contribution in [0.5, 0.6) is 0 Å². The third-order valence-corrected chi connectivity index (χ3v) is 5.89. The molecule has 1 saturated carbocycles. The summed E-state index contributed by atoms with van der Waals surface area (Å²) in [4.78, 5) is 28.6. The largest absolute Gasteiger partial charge is 0.481 e. The zero-order valence-corrected chi connectivity index (χ0v) is 13.0. The van der Waals surface area contributed by atoms with Crippen molar-refractivity contribution in [3.63, 3.8) is 0 Å². The number of carbonyl (C=O) groups is 2. The summed E-state index contributed by atoms with van der Waals surface area (Å²) >= 11 is 0. The fourth-order valence-electron chi connectivity index (χ4n) is 4.58. The van der Waals surface area contributed by atoms with Crippen LogP contribution in [0.25, 0.3) is 0 Å². The van der Waals surface area contributed by atoms with Crippen molar-refractivity contribution in [1.29, 1.82) is 0 Å². The monoisotopic (exact) mass is 294 g/mol. The molecule has 2 heterocycles. The lowest BCUT2D eigenvalue weighted by molar-refractivity contribution is -0.149. The van der Waals surface area contributed by atoms with Crippen molar-refractivity contribution in [3.8, 4) is 0 Å². The second-order valence-corrected chi connectivity index (χ2v) is 7.25. The number of fused-ring (bicyclic) bond motifs is 2. The lowest BCUT2D eigenvalue weighted by atomic mass is 9.94. The first-order chi connectivity index (χ1) is 9.97. The van der Waals surface area contributed by atoms with Crippen molar-refractivity contribution >= 4 is 11.9 Å². The summed E-state index contributed by atoms with van der Waals surface area (Å²) in [6.45, 7) is 3.63. The molecule has 3 rings (SSSR count). The molecular formula is C16H26N2O3. The van der Waals surface area contributed by atoms with E-state index in [1.54, 1.807) is 0 Å². The normalized spacial score (nSPS) is 40.3. The number of likely N-dealkylation sites (tertiary alicyclic amines) is 1. The summed E-state index contributed by atoms with van der Waals surface area (Å²) < 4.78 is 0. The second kappa shape index (κ2) is 5.59.